The van der Waals surface area contributed by atoms with E-state index < -0.39 is 0 Å². The van der Waals surface area contributed by atoms with Gasteiger partial charge in [0.05, 0.1) is 18.1 Å². The summed E-state index contributed by atoms with van der Waals surface area (Å²) in [6, 6.07) is 18.0. The lowest BCUT2D eigenvalue weighted by Crippen LogP contribution is -2.31. The summed E-state index contributed by atoms with van der Waals surface area (Å²) in [7, 11) is 0. The van der Waals surface area contributed by atoms with Crippen LogP contribution in [0.4, 0.5) is 5.69 Å². The fourth-order valence-electron chi connectivity index (χ4n) is 3.78. The number of nitrogens with one attached hydrogen (secondary N) is 2. The Bertz CT molecular complexity index is 1320. The average Bonchev–Trinajstić information content (AvgIpc) is 3.21. The van der Waals surface area contributed by atoms with Crippen LogP contribution in [-0.4, -0.2) is 27.5 Å². The Kier molecular flexibility index (Phi) is 5.21. The highest BCUT2D eigenvalue weighted by Crippen LogP contribution is 2.30. The minimum absolute atomic E-state index is 0.0330. The van der Waals surface area contributed by atoms with Crippen molar-refractivity contribution in [2.45, 2.75) is 12.5 Å². The molecule has 0 fully saturated rings. The van der Waals surface area contributed by atoms with Crippen molar-refractivity contribution in [3.05, 3.63) is 91.1 Å². The second-order valence-corrected chi connectivity index (χ2v) is 7.57. The van der Waals surface area contributed by atoms with Gasteiger partial charge < -0.3 is 20.8 Å². The van der Waals surface area contributed by atoms with Gasteiger partial charge in [0.1, 0.15) is 11.5 Å². The van der Waals surface area contributed by atoms with E-state index in [0.29, 0.717) is 12.3 Å². The summed E-state index contributed by atoms with van der Waals surface area (Å²) in [4.78, 5) is 11.8. The molecule has 3 heterocycles. The lowest BCUT2D eigenvalue weighted by Gasteiger charge is -2.14. The van der Waals surface area contributed by atoms with Crippen LogP contribution in [0.1, 0.15) is 5.56 Å². The van der Waals surface area contributed by atoms with Gasteiger partial charge in [0.25, 0.3) is 0 Å². The van der Waals surface area contributed by atoms with E-state index in [0.717, 1.165) is 34.1 Å². The number of benzene rings is 2. The summed E-state index contributed by atoms with van der Waals surface area (Å²) < 4.78 is 6.11. The molecule has 0 spiro atoms. The van der Waals surface area contributed by atoms with Crippen molar-refractivity contribution in [3.63, 3.8) is 0 Å². The molecule has 0 aliphatic heterocycles. The van der Waals surface area contributed by atoms with E-state index in [-0.39, 0.29) is 6.04 Å². The molecule has 6 heteroatoms. The molecule has 31 heavy (non-hydrogen) atoms. The van der Waals surface area contributed by atoms with Crippen LogP contribution < -0.4 is 15.8 Å². The smallest absolute Gasteiger partial charge is 0.147 e. The van der Waals surface area contributed by atoms with Crippen LogP contribution in [0.5, 0.6) is 11.5 Å². The van der Waals surface area contributed by atoms with Crippen molar-refractivity contribution in [1.82, 2.24) is 15.0 Å². The number of anilines is 1. The van der Waals surface area contributed by atoms with E-state index in [9.17, 15) is 0 Å². The molecule has 0 saturated carbocycles. The number of ether oxygens (including phenoxy) is 1. The van der Waals surface area contributed by atoms with Crippen LogP contribution in [0.3, 0.4) is 0 Å². The monoisotopic (exact) mass is 409 g/mol. The fourth-order valence-corrected chi connectivity index (χ4v) is 3.78. The number of rotatable bonds is 7. The number of hydrogen-bond acceptors (Lipinski definition) is 5. The second-order valence-electron chi connectivity index (χ2n) is 7.57. The number of nitrogens with two attached hydrogens (primary N) is 1. The van der Waals surface area contributed by atoms with Crippen LogP contribution in [0.2, 0.25) is 0 Å². The summed E-state index contributed by atoms with van der Waals surface area (Å²) in [5, 5.41) is 6.65. The second kappa shape index (κ2) is 8.45. The van der Waals surface area contributed by atoms with Crippen molar-refractivity contribution in [3.8, 4) is 11.5 Å². The topological polar surface area (TPSA) is 88.8 Å². The van der Waals surface area contributed by atoms with E-state index >= 15 is 0 Å². The molecule has 5 rings (SSSR count). The number of H-pyrrole nitrogens is 1. The van der Waals surface area contributed by atoms with E-state index in [2.05, 4.69) is 32.4 Å². The fraction of sp³-hybridized carbons (Fsp3) is 0.120. The minimum Gasteiger partial charge on any atom is -0.455 e. The zero-order valence-corrected chi connectivity index (χ0v) is 17.0. The normalized spacial score (nSPS) is 12.2. The molecule has 6 nitrogen and oxygen atoms in total. The Balaban J connectivity index is 1.25. The molecule has 0 aliphatic rings. The molecular formula is C25H23N5O. The quantitative estimate of drug-likeness (QED) is 0.356. The third kappa shape index (κ3) is 4.20. The molecule has 0 unspecified atom stereocenters. The first-order valence-electron chi connectivity index (χ1n) is 10.3. The van der Waals surface area contributed by atoms with E-state index in [1.165, 1.54) is 10.9 Å². The number of pyridine rings is 2. The highest BCUT2D eigenvalue weighted by molar-refractivity contribution is 5.87. The Morgan fingerprint density at radius 1 is 0.968 bits per heavy atom. The van der Waals surface area contributed by atoms with Crippen LogP contribution in [-0.2, 0) is 6.42 Å². The predicted octanol–water partition coefficient (Wildman–Crippen LogP) is 4.89. The Morgan fingerprint density at radius 2 is 1.90 bits per heavy atom. The lowest BCUT2D eigenvalue weighted by atomic mass is 10.1. The third-order valence-corrected chi connectivity index (χ3v) is 5.31. The number of aromatic nitrogens is 3. The third-order valence-electron chi connectivity index (χ3n) is 5.31. The molecule has 1 atom stereocenters. The summed E-state index contributed by atoms with van der Waals surface area (Å²) in [5.41, 5.74) is 9.63. The predicted molar refractivity (Wildman–Crippen MR) is 125 cm³/mol. The maximum atomic E-state index is 6.39. The first kappa shape index (κ1) is 19.1. The number of fused-ring (bicyclic) bond motifs is 2. The Labute approximate surface area is 180 Å². The van der Waals surface area contributed by atoms with Crippen molar-refractivity contribution in [2.75, 3.05) is 11.9 Å². The maximum Gasteiger partial charge on any atom is 0.147 e. The van der Waals surface area contributed by atoms with Gasteiger partial charge >= 0.3 is 0 Å². The molecular weight excluding hydrogens is 386 g/mol. The summed E-state index contributed by atoms with van der Waals surface area (Å²) in [6.45, 7) is 0.630. The van der Waals surface area contributed by atoms with Gasteiger partial charge in [-0.3, -0.25) is 9.97 Å². The number of nitrogens with zero attached hydrogens (tertiary/aromatic N) is 2. The lowest BCUT2D eigenvalue weighted by molar-refractivity contribution is 0.486. The first-order valence-corrected chi connectivity index (χ1v) is 10.3. The average molecular weight is 409 g/mol. The SMILES string of the molecule is N[C@@H](CNc1cncc(Oc2cccc3cnccc23)c1)Cc1c[nH]c2ccccc12. The molecule has 154 valence electrons. The van der Waals surface area contributed by atoms with E-state index in [4.69, 9.17) is 10.5 Å². The number of para-hydroxylation sites is 1. The zero-order chi connectivity index (χ0) is 21.0. The highest BCUT2D eigenvalue weighted by atomic mass is 16.5. The summed E-state index contributed by atoms with van der Waals surface area (Å²) in [6.07, 6.45) is 9.90. The van der Waals surface area contributed by atoms with Gasteiger partial charge in [0, 0.05) is 58.9 Å². The molecule has 3 aromatic heterocycles. The molecule has 0 amide bonds. The molecule has 5 aromatic rings. The highest BCUT2D eigenvalue weighted by Gasteiger charge is 2.10. The first-order chi connectivity index (χ1) is 15.3. The largest absolute Gasteiger partial charge is 0.455 e. The van der Waals surface area contributed by atoms with Gasteiger partial charge in [0.15, 0.2) is 0 Å². The van der Waals surface area contributed by atoms with Crippen molar-refractivity contribution >= 4 is 27.4 Å². The number of hydrogen-bond donors (Lipinski definition) is 3. The van der Waals surface area contributed by atoms with Gasteiger partial charge in [-0.15, -0.1) is 0 Å². The minimum atomic E-state index is -0.0330. The van der Waals surface area contributed by atoms with Crippen LogP contribution in [0.15, 0.2) is 85.6 Å². The van der Waals surface area contributed by atoms with Gasteiger partial charge in [0.2, 0.25) is 0 Å². The molecule has 4 N–H and O–H groups in total. The van der Waals surface area contributed by atoms with Crippen LogP contribution in [0.25, 0.3) is 21.7 Å². The van der Waals surface area contributed by atoms with Crippen molar-refractivity contribution < 1.29 is 4.74 Å². The number of aromatic amines is 1. The van der Waals surface area contributed by atoms with Crippen LogP contribution >= 0.6 is 0 Å². The molecule has 2 aromatic carbocycles. The van der Waals surface area contributed by atoms with Crippen molar-refractivity contribution in [1.29, 1.82) is 0 Å². The molecule has 0 radical (unpaired) electrons. The summed E-state index contributed by atoms with van der Waals surface area (Å²) in [5.74, 6) is 1.44. The molecule has 0 aliphatic carbocycles. The molecule has 0 saturated heterocycles. The zero-order valence-electron chi connectivity index (χ0n) is 17.0. The van der Waals surface area contributed by atoms with Gasteiger partial charge in [-0.1, -0.05) is 30.3 Å². The molecule has 0 bridgehead atoms. The maximum absolute atomic E-state index is 6.39. The van der Waals surface area contributed by atoms with Crippen molar-refractivity contribution in [2.24, 2.45) is 5.73 Å². The van der Waals surface area contributed by atoms with E-state index in [1.54, 1.807) is 18.6 Å². The van der Waals surface area contributed by atoms with E-state index in [1.807, 2.05) is 54.9 Å². The Morgan fingerprint density at radius 3 is 2.87 bits per heavy atom. The van der Waals surface area contributed by atoms with Gasteiger partial charge in [-0.05, 0) is 30.2 Å². The Hall–Kier alpha value is -3.90. The van der Waals surface area contributed by atoms with Gasteiger partial charge in [-0.25, -0.2) is 0 Å². The summed E-state index contributed by atoms with van der Waals surface area (Å²) >= 11 is 0. The van der Waals surface area contributed by atoms with Gasteiger partial charge in [-0.2, -0.15) is 0 Å². The standard InChI is InChI=1S/C25H23N5O/c26-19(10-18-13-30-24-6-2-1-5-22(18)24)14-29-20-11-21(16-28-15-20)31-25-7-3-4-17-12-27-9-8-23(17)25/h1-9,11-13,15-16,19,29-30H,10,14,26H2/t19-/m1/s1. The van der Waals surface area contributed by atoms with Crippen LogP contribution in [0, 0.1) is 0 Å².